The van der Waals surface area contributed by atoms with Crippen LogP contribution in [0, 0.1) is 3.57 Å². The lowest BCUT2D eigenvalue weighted by Gasteiger charge is -2.16. The minimum absolute atomic E-state index is 0.136. The molecule has 112 valence electrons. The molecule has 0 bridgehead atoms. The van der Waals surface area contributed by atoms with Crippen LogP contribution in [0.4, 0.5) is 11.4 Å². The van der Waals surface area contributed by atoms with Gasteiger partial charge in [0.2, 0.25) is 5.91 Å². The summed E-state index contributed by atoms with van der Waals surface area (Å²) in [6.07, 6.45) is 0.136. The second-order valence-electron chi connectivity index (χ2n) is 4.96. The first-order chi connectivity index (χ1) is 10.5. The summed E-state index contributed by atoms with van der Waals surface area (Å²) in [5, 5.41) is 3.61. The van der Waals surface area contributed by atoms with Crippen molar-refractivity contribution >= 4 is 57.4 Å². The Bertz CT molecular complexity index is 733. The summed E-state index contributed by atoms with van der Waals surface area (Å²) >= 11 is 8.15. The van der Waals surface area contributed by atoms with Crippen LogP contribution < -0.4 is 10.2 Å². The van der Waals surface area contributed by atoms with Crippen LogP contribution in [0.3, 0.4) is 0 Å². The SMILES string of the molecule is O=C1CC(Nc2ccc(I)cc2)C(=O)N1c1cccc(Cl)c1. The standard InChI is InChI=1S/C16H12ClIN2O2/c17-10-2-1-3-13(8-10)20-15(21)9-14(16(20)22)19-12-6-4-11(18)5-7-12/h1-8,14,19H,9H2. The molecule has 22 heavy (non-hydrogen) atoms. The summed E-state index contributed by atoms with van der Waals surface area (Å²) in [5.74, 6) is -0.485. The highest BCUT2D eigenvalue weighted by molar-refractivity contribution is 14.1. The van der Waals surface area contributed by atoms with E-state index in [2.05, 4.69) is 27.9 Å². The van der Waals surface area contributed by atoms with Crippen LogP contribution in [-0.2, 0) is 9.59 Å². The Labute approximate surface area is 146 Å². The zero-order chi connectivity index (χ0) is 15.7. The van der Waals surface area contributed by atoms with E-state index < -0.39 is 6.04 Å². The van der Waals surface area contributed by atoms with E-state index in [1.165, 1.54) is 4.90 Å². The molecule has 0 radical (unpaired) electrons. The topological polar surface area (TPSA) is 49.4 Å². The van der Waals surface area contributed by atoms with Gasteiger partial charge in [-0.2, -0.15) is 0 Å². The van der Waals surface area contributed by atoms with Crippen molar-refractivity contribution in [3.63, 3.8) is 0 Å². The molecule has 1 N–H and O–H groups in total. The van der Waals surface area contributed by atoms with E-state index in [9.17, 15) is 9.59 Å². The number of rotatable bonds is 3. The quantitative estimate of drug-likeness (QED) is 0.602. The van der Waals surface area contributed by atoms with Crippen molar-refractivity contribution in [2.24, 2.45) is 0 Å². The minimum atomic E-state index is -0.549. The van der Waals surface area contributed by atoms with Gasteiger partial charge >= 0.3 is 0 Å². The highest BCUT2D eigenvalue weighted by Gasteiger charge is 2.39. The molecule has 2 amide bonds. The van der Waals surface area contributed by atoms with E-state index in [0.29, 0.717) is 10.7 Å². The Morgan fingerprint density at radius 3 is 2.55 bits per heavy atom. The summed E-state index contributed by atoms with van der Waals surface area (Å²) in [5.41, 5.74) is 1.33. The number of imide groups is 1. The molecule has 3 rings (SSSR count). The fraction of sp³-hybridized carbons (Fsp3) is 0.125. The Morgan fingerprint density at radius 2 is 1.86 bits per heavy atom. The maximum atomic E-state index is 12.5. The lowest BCUT2D eigenvalue weighted by Crippen LogP contribution is -2.34. The molecule has 6 heteroatoms. The molecule has 1 aliphatic heterocycles. The number of nitrogens with one attached hydrogen (secondary N) is 1. The zero-order valence-corrected chi connectivity index (χ0v) is 14.3. The second-order valence-corrected chi connectivity index (χ2v) is 6.64. The predicted octanol–water partition coefficient (Wildman–Crippen LogP) is 3.69. The highest BCUT2D eigenvalue weighted by atomic mass is 127. The highest BCUT2D eigenvalue weighted by Crippen LogP contribution is 2.27. The van der Waals surface area contributed by atoms with Crippen molar-refractivity contribution in [1.29, 1.82) is 0 Å². The molecule has 1 saturated heterocycles. The van der Waals surface area contributed by atoms with Gasteiger partial charge in [0.25, 0.3) is 5.91 Å². The third kappa shape index (κ3) is 3.10. The van der Waals surface area contributed by atoms with Crippen molar-refractivity contribution in [1.82, 2.24) is 0 Å². The molecular formula is C16H12ClIN2O2. The molecule has 1 aliphatic rings. The van der Waals surface area contributed by atoms with Gasteiger partial charge in [-0.25, -0.2) is 4.90 Å². The average Bonchev–Trinajstić information content (AvgIpc) is 2.76. The third-order valence-electron chi connectivity index (χ3n) is 3.40. The molecule has 0 aromatic heterocycles. The normalized spacial score (nSPS) is 17.9. The number of halogens is 2. The van der Waals surface area contributed by atoms with Crippen molar-refractivity contribution in [3.05, 3.63) is 57.1 Å². The first-order valence-corrected chi connectivity index (χ1v) is 8.15. The summed E-state index contributed by atoms with van der Waals surface area (Å²) in [7, 11) is 0. The molecule has 0 spiro atoms. The van der Waals surface area contributed by atoms with Gasteiger partial charge in [0.15, 0.2) is 0 Å². The van der Waals surface area contributed by atoms with E-state index in [-0.39, 0.29) is 18.2 Å². The smallest absolute Gasteiger partial charge is 0.256 e. The fourth-order valence-corrected chi connectivity index (χ4v) is 2.92. The van der Waals surface area contributed by atoms with Gasteiger partial charge in [0.05, 0.1) is 12.1 Å². The third-order valence-corrected chi connectivity index (χ3v) is 4.35. The van der Waals surface area contributed by atoms with Gasteiger partial charge in [0.1, 0.15) is 6.04 Å². The summed E-state index contributed by atoms with van der Waals surface area (Å²) in [6, 6.07) is 13.9. The molecule has 1 unspecified atom stereocenters. The van der Waals surface area contributed by atoms with E-state index in [1.54, 1.807) is 24.3 Å². The lowest BCUT2D eigenvalue weighted by atomic mass is 10.2. The molecule has 0 aliphatic carbocycles. The van der Waals surface area contributed by atoms with Crippen LogP contribution in [-0.4, -0.2) is 17.9 Å². The molecule has 0 saturated carbocycles. The van der Waals surface area contributed by atoms with E-state index in [1.807, 2.05) is 24.3 Å². The number of carbonyl (C=O) groups excluding carboxylic acids is 2. The Kier molecular flexibility index (Phi) is 4.35. The molecule has 2 aromatic rings. The number of benzene rings is 2. The second kappa shape index (κ2) is 6.26. The van der Waals surface area contributed by atoms with E-state index in [0.717, 1.165) is 9.26 Å². The van der Waals surface area contributed by atoms with Gasteiger partial charge in [-0.05, 0) is 65.1 Å². The van der Waals surface area contributed by atoms with Crippen molar-refractivity contribution in [3.8, 4) is 0 Å². The molecule has 1 atom stereocenters. The van der Waals surface area contributed by atoms with Crippen LogP contribution in [0.2, 0.25) is 5.02 Å². The van der Waals surface area contributed by atoms with Gasteiger partial charge in [-0.15, -0.1) is 0 Å². The minimum Gasteiger partial charge on any atom is -0.373 e. The average molecular weight is 427 g/mol. The van der Waals surface area contributed by atoms with E-state index in [4.69, 9.17) is 11.6 Å². The summed E-state index contributed by atoms with van der Waals surface area (Å²) in [4.78, 5) is 25.9. The van der Waals surface area contributed by atoms with Gasteiger partial charge in [-0.3, -0.25) is 9.59 Å². The first kappa shape index (κ1) is 15.3. The van der Waals surface area contributed by atoms with Crippen LogP contribution in [0.15, 0.2) is 48.5 Å². The van der Waals surface area contributed by atoms with Crippen molar-refractivity contribution in [2.45, 2.75) is 12.5 Å². The van der Waals surface area contributed by atoms with Gasteiger partial charge in [0, 0.05) is 14.3 Å². The van der Waals surface area contributed by atoms with Crippen LogP contribution in [0.25, 0.3) is 0 Å². The van der Waals surface area contributed by atoms with Crippen LogP contribution in [0.1, 0.15) is 6.42 Å². The van der Waals surface area contributed by atoms with Gasteiger partial charge < -0.3 is 5.32 Å². The monoisotopic (exact) mass is 426 g/mol. The molecule has 1 heterocycles. The summed E-state index contributed by atoms with van der Waals surface area (Å²) < 4.78 is 1.11. The largest absolute Gasteiger partial charge is 0.373 e. The Balaban J connectivity index is 1.81. The number of nitrogens with zero attached hydrogens (tertiary/aromatic N) is 1. The lowest BCUT2D eigenvalue weighted by molar-refractivity contribution is -0.121. The number of anilines is 2. The van der Waals surface area contributed by atoms with E-state index >= 15 is 0 Å². The number of carbonyl (C=O) groups is 2. The Hall–Kier alpha value is -1.60. The molecule has 2 aromatic carbocycles. The number of hydrogen-bond acceptors (Lipinski definition) is 3. The Morgan fingerprint density at radius 1 is 1.14 bits per heavy atom. The first-order valence-electron chi connectivity index (χ1n) is 6.69. The van der Waals surface area contributed by atoms with Crippen molar-refractivity contribution < 1.29 is 9.59 Å². The van der Waals surface area contributed by atoms with Crippen molar-refractivity contribution in [2.75, 3.05) is 10.2 Å². The molecule has 4 nitrogen and oxygen atoms in total. The van der Waals surface area contributed by atoms with Gasteiger partial charge in [-0.1, -0.05) is 17.7 Å². The fourth-order valence-electron chi connectivity index (χ4n) is 2.38. The number of amides is 2. The van der Waals surface area contributed by atoms with Crippen LogP contribution in [0.5, 0.6) is 0 Å². The van der Waals surface area contributed by atoms with Crippen LogP contribution >= 0.6 is 34.2 Å². The zero-order valence-electron chi connectivity index (χ0n) is 11.4. The number of hydrogen-bond donors (Lipinski definition) is 1. The summed E-state index contributed by atoms with van der Waals surface area (Å²) in [6.45, 7) is 0. The maximum absolute atomic E-state index is 12.5. The molecule has 1 fully saturated rings. The maximum Gasteiger partial charge on any atom is 0.256 e. The molecular weight excluding hydrogens is 415 g/mol. The predicted molar refractivity (Wildman–Crippen MR) is 95.1 cm³/mol.